The van der Waals surface area contributed by atoms with Crippen LogP contribution in [0.15, 0.2) is 18.2 Å². The van der Waals surface area contributed by atoms with Crippen molar-refractivity contribution in [1.29, 1.82) is 0 Å². The molecule has 2 N–H and O–H groups in total. The van der Waals surface area contributed by atoms with Gasteiger partial charge in [0.2, 0.25) is 5.75 Å². The van der Waals surface area contributed by atoms with Gasteiger partial charge in [-0.05, 0) is 19.3 Å². The maximum atomic E-state index is 12.4. The Hall–Kier alpha value is -3.03. The van der Waals surface area contributed by atoms with E-state index in [1.165, 1.54) is 0 Å². The normalized spacial score (nSPS) is 10.5. The summed E-state index contributed by atoms with van der Waals surface area (Å²) in [6.45, 7) is 6.57. The number of amides is 1. The smallest absolute Gasteiger partial charge is 0.270 e. The van der Waals surface area contributed by atoms with E-state index in [4.69, 9.17) is 14.2 Å². The lowest BCUT2D eigenvalue weighted by Crippen LogP contribution is -2.26. The third-order valence-corrected chi connectivity index (χ3v) is 4.01. The molecule has 0 fully saturated rings. The Morgan fingerprint density at radius 2 is 1.68 bits per heavy atom. The first-order chi connectivity index (χ1) is 13.4. The Labute approximate surface area is 165 Å². The minimum absolute atomic E-state index is 0.223. The molecule has 1 amide bonds. The Morgan fingerprint density at radius 3 is 2.21 bits per heavy atom. The topological polar surface area (TPSA) is 94.6 Å². The second-order valence-corrected chi connectivity index (χ2v) is 6.66. The predicted octanol–water partition coefficient (Wildman–Crippen LogP) is 3.33. The van der Waals surface area contributed by atoms with Crippen LogP contribution < -0.4 is 24.8 Å². The van der Waals surface area contributed by atoms with E-state index in [-0.39, 0.29) is 5.91 Å². The number of nitrogens with zero attached hydrogens (tertiary/aromatic N) is 2. The highest BCUT2D eigenvalue weighted by molar-refractivity contribution is 5.93. The second kappa shape index (κ2) is 9.77. The largest absolute Gasteiger partial charge is 0.493 e. The minimum atomic E-state index is -0.223. The van der Waals surface area contributed by atoms with Gasteiger partial charge in [0.1, 0.15) is 17.3 Å². The summed E-state index contributed by atoms with van der Waals surface area (Å²) in [4.78, 5) is 21.0. The molecular weight excluding hydrogens is 360 g/mol. The number of aromatic nitrogens is 2. The zero-order valence-corrected chi connectivity index (χ0v) is 17.3. The van der Waals surface area contributed by atoms with Crippen LogP contribution in [0.5, 0.6) is 17.2 Å². The van der Waals surface area contributed by atoms with Gasteiger partial charge < -0.3 is 24.8 Å². The Bertz CT molecular complexity index is 799. The molecule has 28 heavy (non-hydrogen) atoms. The zero-order chi connectivity index (χ0) is 20.7. The van der Waals surface area contributed by atoms with Gasteiger partial charge in [-0.2, -0.15) is 0 Å². The van der Waals surface area contributed by atoms with Gasteiger partial charge in [-0.25, -0.2) is 9.97 Å². The fourth-order valence-corrected chi connectivity index (χ4v) is 2.61. The van der Waals surface area contributed by atoms with E-state index in [0.29, 0.717) is 52.7 Å². The van der Waals surface area contributed by atoms with Crippen molar-refractivity contribution in [3.63, 3.8) is 0 Å². The van der Waals surface area contributed by atoms with Crippen molar-refractivity contribution in [2.75, 3.05) is 33.2 Å². The fourth-order valence-electron chi connectivity index (χ4n) is 2.61. The van der Waals surface area contributed by atoms with E-state index in [1.54, 1.807) is 46.5 Å². The molecule has 8 heteroatoms. The van der Waals surface area contributed by atoms with E-state index < -0.39 is 0 Å². The number of hydrogen-bond acceptors (Lipinski definition) is 7. The van der Waals surface area contributed by atoms with Gasteiger partial charge in [0, 0.05) is 30.4 Å². The molecule has 0 saturated carbocycles. The van der Waals surface area contributed by atoms with Crippen molar-refractivity contribution in [3.05, 3.63) is 29.7 Å². The number of rotatable bonds is 9. The molecule has 1 aromatic heterocycles. The number of nitrogens with one attached hydrogen (secondary N) is 2. The fraction of sp³-hybridized carbons (Fsp3) is 0.450. The molecule has 1 aromatic carbocycles. The quantitative estimate of drug-likeness (QED) is 0.680. The van der Waals surface area contributed by atoms with Crippen molar-refractivity contribution < 1.29 is 19.0 Å². The lowest BCUT2D eigenvalue weighted by molar-refractivity contribution is 0.0946. The molecule has 152 valence electrons. The van der Waals surface area contributed by atoms with Crippen molar-refractivity contribution >= 4 is 17.4 Å². The molecule has 0 aliphatic rings. The number of carbonyl (C=O) groups is 1. The van der Waals surface area contributed by atoms with Crippen molar-refractivity contribution in [2.45, 2.75) is 27.2 Å². The summed E-state index contributed by atoms with van der Waals surface area (Å²) in [6.07, 6.45) is 0.909. The van der Waals surface area contributed by atoms with Gasteiger partial charge in [0.25, 0.3) is 5.91 Å². The van der Waals surface area contributed by atoms with E-state index in [0.717, 1.165) is 6.42 Å². The second-order valence-electron chi connectivity index (χ2n) is 6.66. The van der Waals surface area contributed by atoms with Gasteiger partial charge in [-0.1, -0.05) is 13.8 Å². The maximum absolute atomic E-state index is 12.4. The van der Waals surface area contributed by atoms with Gasteiger partial charge >= 0.3 is 0 Å². The maximum Gasteiger partial charge on any atom is 0.270 e. The number of methoxy groups -OCH3 is 3. The Morgan fingerprint density at radius 1 is 1.04 bits per heavy atom. The van der Waals surface area contributed by atoms with Crippen molar-refractivity contribution in [3.8, 4) is 17.2 Å². The number of aryl methyl sites for hydroxylation is 1. The van der Waals surface area contributed by atoms with Gasteiger partial charge in [-0.3, -0.25) is 4.79 Å². The summed E-state index contributed by atoms with van der Waals surface area (Å²) in [5.74, 6) is 2.81. The molecule has 2 aromatic rings. The molecular formula is C20H28N4O4. The molecule has 1 heterocycles. The van der Waals surface area contributed by atoms with E-state index in [1.807, 2.05) is 0 Å². The third kappa shape index (κ3) is 5.48. The lowest BCUT2D eigenvalue weighted by atomic mass is 10.1. The molecule has 2 rings (SSSR count). The Kier molecular flexibility index (Phi) is 7.43. The van der Waals surface area contributed by atoms with Crippen LogP contribution in [-0.4, -0.2) is 43.7 Å². The van der Waals surface area contributed by atoms with Gasteiger partial charge in [0.05, 0.1) is 21.3 Å². The van der Waals surface area contributed by atoms with Crippen LogP contribution in [-0.2, 0) is 0 Å². The molecule has 0 atom stereocenters. The molecule has 0 saturated heterocycles. The first-order valence-electron chi connectivity index (χ1n) is 9.08. The van der Waals surface area contributed by atoms with Gasteiger partial charge in [-0.15, -0.1) is 0 Å². The molecule has 0 bridgehead atoms. The average Bonchev–Trinajstić information content (AvgIpc) is 2.66. The molecule has 0 unspecified atom stereocenters. The standard InChI is InChI=1S/C20H28N4O4/c1-12(2)7-8-21-20(25)15-11-18(23-13(3)22-15)24-14-9-16(26-4)19(28-6)17(10-14)27-5/h9-12H,7-8H2,1-6H3,(H,21,25)(H,22,23,24). The SMILES string of the molecule is COc1cc(Nc2cc(C(=O)NCCC(C)C)nc(C)n2)cc(OC)c1OC. The summed E-state index contributed by atoms with van der Waals surface area (Å²) in [5.41, 5.74) is 0.991. The number of anilines is 2. The van der Waals surface area contributed by atoms with Crippen LogP contribution in [0.3, 0.4) is 0 Å². The summed E-state index contributed by atoms with van der Waals surface area (Å²) in [7, 11) is 4.65. The van der Waals surface area contributed by atoms with Crippen molar-refractivity contribution in [2.24, 2.45) is 5.92 Å². The highest BCUT2D eigenvalue weighted by Gasteiger charge is 2.15. The highest BCUT2D eigenvalue weighted by atomic mass is 16.5. The summed E-state index contributed by atoms with van der Waals surface area (Å²) < 4.78 is 16.1. The first-order valence-corrected chi connectivity index (χ1v) is 9.08. The number of hydrogen-bond donors (Lipinski definition) is 2. The summed E-state index contributed by atoms with van der Waals surface area (Å²) in [5, 5.41) is 6.06. The van der Waals surface area contributed by atoms with Crippen molar-refractivity contribution in [1.82, 2.24) is 15.3 Å². The van der Waals surface area contributed by atoms with Crippen LogP contribution in [0.2, 0.25) is 0 Å². The minimum Gasteiger partial charge on any atom is -0.493 e. The molecule has 0 aliphatic heterocycles. The van der Waals surface area contributed by atoms with Gasteiger partial charge in [0.15, 0.2) is 11.5 Å². The zero-order valence-electron chi connectivity index (χ0n) is 17.3. The van der Waals surface area contributed by atoms with Crippen LogP contribution in [0.25, 0.3) is 0 Å². The number of ether oxygens (including phenoxy) is 3. The van der Waals surface area contributed by atoms with E-state index in [2.05, 4.69) is 34.4 Å². The van der Waals surface area contributed by atoms with Crippen LogP contribution >= 0.6 is 0 Å². The lowest BCUT2D eigenvalue weighted by Gasteiger charge is -2.15. The average molecular weight is 388 g/mol. The highest BCUT2D eigenvalue weighted by Crippen LogP contribution is 2.40. The first kappa shape index (κ1) is 21.3. The van der Waals surface area contributed by atoms with Crippen LogP contribution in [0.1, 0.15) is 36.6 Å². The Balaban J connectivity index is 2.25. The number of carbonyl (C=O) groups excluding carboxylic acids is 1. The van der Waals surface area contributed by atoms with E-state index >= 15 is 0 Å². The molecule has 8 nitrogen and oxygen atoms in total. The molecule has 0 radical (unpaired) electrons. The van der Waals surface area contributed by atoms with E-state index in [9.17, 15) is 4.79 Å². The summed E-state index contributed by atoms with van der Waals surface area (Å²) >= 11 is 0. The van der Waals surface area contributed by atoms with Crippen LogP contribution in [0.4, 0.5) is 11.5 Å². The third-order valence-electron chi connectivity index (χ3n) is 4.01. The summed E-state index contributed by atoms with van der Waals surface area (Å²) in [6, 6.07) is 5.14. The number of benzene rings is 1. The monoisotopic (exact) mass is 388 g/mol. The van der Waals surface area contributed by atoms with Crippen LogP contribution in [0, 0.1) is 12.8 Å². The molecule has 0 aliphatic carbocycles. The predicted molar refractivity (Wildman–Crippen MR) is 108 cm³/mol. The molecule has 0 spiro atoms.